The Balaban J connectivity index is 2.75. The molecule has 0 aromatic heterocycles. The number of nitrogens with zero attached hydrogens (tertiary/aromatic N) is 1. The number of carbonyl (C=O) groups is 2. The van der Waals surface area contributed by atoms with Crippen LogP contribution < -0.4 is 5.73 Å². The van der Waals surface area contributed by atoms with Gasteiger partial charge < -0.3 is 20.5 Å². The zero-order valence-electron chi connectivity index (χ0n) is 10.7. The van der Waals surface area contributed by atoms with Crippen molar-refractivity contribution in [3.8, 4) is 0 Å². The fourth-order valence-corrected chi connectivity index (χ4v) is 3.33. The molecule has 18 heavy (non-hydrogen) atoms. The van der Waals surface area contributed by atoms with Crippen LogP contribution in [0.4, 0.5) is 0 Å². The summed E-state index contributed by atoms with van der Waals surface area (Å²) in [6, 6.07) is -0.734. The minimum atomic E-state index is -0.950. The summed E-state index contributed by atoms with van der Waals surface area (Å²) in [7, 11) is 1.50. The van der Waals surface area contributed by atoms with E-state index in [1.807, 2.05) is 6.92 Å². The van der Waals surface area contributed by atoms with Gasteiger partial charge in [0.05, 0.1) is 17.9 Å². The SMILES string of the molecule is CCC1SCC(C(=O)O)N1C(=O)CC(CN)OC. The molecule has 0 aromatic rings. The fourth-order valence-electron chi connectivity index (χ4n) is 1.97. The Morgan fingerprint density at radius 3 is 2.72 bits per heavy atom. The molecule has 1 fully saturated rings. The van der Waals surface area contributed by atoms with Crippen LogP contribution >= 0.6 is 11.8 Å². The van der Waals surface area contributed by atoms with Crippen molar-refractivity contribution in [1.82, 2.24) is 4.90 Å². The van der Waals surface area contributed by atoms with E-state index in [1.165, 1.54) is 23.8 Å². The first-order chi connectivity index (χ1) is 8.54. The van der Waals surface area contributed by atoms with Crippen LogP contribution in [0.1, 0.15) is 19.8 Å². The van der Waals surface area contributed by atoms with Gasteiger partial charge in [-0.3, -0.25) is 4.79 Å². The molecule has 1 heterocycles. The maximum absolute atomic E-state index is 12.2. The Bertz CT molecular complexity index is 309. The predicted molar refractivity (Wildman–Crippen MR) is 69.3 cm³/mol. The number of methoxy groups -OCH3 is 1. The largest absolute Gasteiger partial charge is 0.480 e. The molecule has 0 aliphatic carbocycles. The number of hydrogen-bond acceptors (Lipinski definition) is 5. The van der Waals surface area contributed by atoms with Crippen LogP contribution in [0.5, 0.6) is 0 Å². The lowest BCUT2D eigenvalue weighted by molar-refractivity contribution is -0.150. The summed E-state index contributed by atoms with van der Waals surface area (Å²) in [5, 5.41) is 9.07. The number of rotatable bonds is 6. The number of carbonyl (C=O) groups excluding carboxylic acids is 1. The van der Waals surface area contributed by atoms with E-state index in [9.17, 15) is 9.59 Å². The van der Waals surface area contributed by atoms with E-state index in [-0.39, 0.29) is 30.4 Å². The molecule has 1 aliphatic rings. The average Bonchev–Trinajstić information content (AvgIpc) is 2.79. The number of amides is 1. The third-order valence-electron chi connectivity index (χ3n) is 3.01. The smallest absolute Gasteiger partial charge is 0.327 e. The molecule has 1 saturated heterocycles. The normalized spacial score (nSPS) is 25.2. The lowest BCUT2D eigenvalue weighted by Gasteiger charge is -2.28. The summed E-state index contributed by atoms with van der Waals surface area (Å²) >= 11 is 1.51. The Morgan fingerprint density at radius 1 is 1.61 bits per heavy atom. The van der Waals surface area contributed by atoms with Crippen molar-refractivity contribution < 1.29 is 19.4 Å². The molecular weight excluding hydrogens is 256 g/mol. The van der Waals surface area contributed by atoms with Gasteiger partial charge in [-0.05, 0) is 6.42 Å². The van der Waals surface area contributed by atoms with Gasteiger partial charge in [-0.1, -0.05) is 6.92 Å². The van der Waals surface area contributed by atoms with Crippen LogP contribution in [-0.2, 0) is 14.3 Å². The van der Waals surface area contributed by atoms with E-state index in [0.29, 0.717) is 5.75 Å². The first-order valence-corrected chi connectivity index (χ1v) is 6.98. The van der Waals surface area contributed by atoms with Crippen molar-refractivity contribution in [2.24, 2.45) is 5.73 Å². The summed E-state index contributed by atoms with van der Waals surface area (Å²) in [6.07, 6.45) is 0.518. The van der Waals surface area contributed by atoms with Gasteiger partial charge in [0.15, 0.2) is 0 Å². The standard InChI is InChI=1S/C11H20N2O4S/c1-3-10-13(8(6-18-10)11(15)16)9(14)4-7(5-12)17-2/h7-8,10H,3-6,12H2,1-2H3,(H,15,16). The molecule has 6 nitrogen and oxygen atoms in total. The van der Waals surface area contributed by atoms with Crippen LogP contribution in [0.2, 0.25) is 0 Å². The van der Waals surface area contributed by atoms with Crippen LogP contribution in [-0.4, -0.2) is 58.8 Å². The molecule has 0 radical (unpaired) electrons. The van der Waals surface area contributed by atoms with Crippen LogP contribution in [0, 0.1) is 0 Å². The maximum atomic E-state index is 12.2. The maximum Gasteiger partial charge on any atom is 0.327 e. The summed E-state index contributed by atoms with van der Waals surface area (Å²) in [5.41, 5.74) is 5.47. The molecule has 0 bridgehead atoms. The van der Waals surface area contributed by atoms with E-state index in [0.717, 1.165) is 6.42 Å². The minimum absolute atomic E-state index is 0.0612. The molecule has 3 N–H and O–H groups in total. The number of carboxylic acids is 1. The molecule has 1 rings (SSSR count). The van der Waals surface area contributed by atoms with Crippen molar-refractivity contribution >= 4 is 23.6 Å². The van der Waals surface area contributed by atoms with Crippen LogP contribution in [0.3, 0.4) is 0 Å². The van der Waals surface area contributed by atoms with Gasteiger partial charge in [-0.25, -0.2) is 4.79 Å². The van der Waals surface area contributed by atoms with E-state index in [1.54, 1.807) is 0 Å². The second-order valence-corrected chi connectivity index (χ2v) is 5.36. The number of thioether (sulfide) groups is 1. The molecule has 1 aliphatic heterocycles. The Kier molecular flexibility index (Phi) is 5.90. The fraction of sp³-hybridized carbons (Fsp3) is 0.818. The quantitative estimate of drug-likeness (QED) is 0.715. The predicted octanol–water partition coefficient (Wildman–Crippen LogP) is 0.115. The molecule has 104 valence electrons. The summed E-state index contributed by atoms with van der Waals surface area (Å²) in [4.78, 5) is 24.8. The molecule has 1 amide bonds. The highest BCUT2D eigenvalue weighted by Crippen LogP contribution is 2.32. The zero-order valence-corrected chi connectivity index (χ0v) is 11.5. The molecule has 3 unspecified atom stereocenters. The second kappa shape index (κ2) is 6.96. The van der Waals surface area contributed by atoms with E-state index in [4.69, 9.17) is 15.6 Å². The number of ether oxygens (including phenoxy) is 1. The summed E-state index contributed by atoms with van der Waals surface area (Å²) < 4.78 is 5.07. The number of aliphatic carboxylic acids is 1. The highest BCUT2D eigenvalue weighted by Gasteiger charge is 2.40. The average molecular weight is 276 g/mol. The third-order valence-corrected chi connectivity index (χ3v) is 4.47. The zero-order chi connectivity index (χ0) is 13.7. The molecule has 0 spiro atoms. The lowest BCUT2D eigenvalue weighted by Crippen LogP contribution is -2.47. The van der Waals surface area contributed by atoms with E-state index >= 15 is 0 Å². The lowest BCUT2D eigenvalue weighted by atomic mass is 10.2. The van der Waals surface area contributed by atoms with Gasteiger partial charge in [-0.15, -0.1) is 11.8 Å². The number of hydrogen-bond donors (Lipinski definition) is 2. The van der Waals surface area contributed by atoms with Crippen molar-refractivity contribution in [2.75, 3.05) is 19.4 Å². The molecule has 0 aromatic carbocycles. The Labute approximate surface area is 111 Å². The first kappa shape index (κ1) is 15.3. The monoisotopic (exact) mass is 276 g/mol. The van der Waals surface area contributed by atoms with Gasteiger partial charge in [0.25, 0.3) is 0 Å². The van der Waals surface area contributed by atoms with E-state index < -0.39 is 12.0 Å². The minimum Gasteiger partial charge on any atom is -0.480 e. The van der Waals surface area contributed by atoms with Crippen molar-refractivity contribution in [2.45, 2.75) is 37.3 Å². The second-order valence-electron chi connectivity index (χ2n) is 4.15. The van der Waals surface area contributed by atoms with Crippen molar-refractivity contribution in [3.63, 3.8) is 0 Å². The highest BCUT2D eigenvalue weighted by molar-refractivity contribution is 8.00. The molecule has 0 saturated carbocycles. The third kappa shape index (κ3) is 3.37. The Morgan fingerprint density at radius 2 is 2.28 bits per heavy atom. The number of nitrogens with two attached hydrogens (primary N) is 1. The topological polar surface area (TPSA) is 92.9 Å². The van der Waals surface area contributed by atoms with Crippen molar-refractivity contribution in [3.05, 3.63) is 0 Å². The van der Waals surface area contributed by atoms with Gasteiger partial charge in [-0.2, -0.15) is 0 Å². The van der Waals surface area contributed by atoms with Gasteiger partial charge in [0.1, 0.15) is 6.04 Å². The highest BCUT2D eigenvalue weighted by atomic mass is 32.2. The summed E-state index contributed by atoms with van der Waals surface area (Å²) in [6.45, 7) is 2.19. The first-order valence-electron chi connectivity index (χ1n) is 5.93. The van der Waals surface area contributed by atoms with E-state index in [2.05, 4.69) is 0 Å². The molecular formula is C11H20N2O4S. The molecule has 3 atom stereocenters. The summed E-state index contributed by atoms with van der Waals surface area (Å²) in [5.74, 6) is -0.704. The van der Waals surface area contributed by atoms with Gasteiger partial charge in [0, 0.05) is 19.4 Å². The van der Waals surface area contributed by atoms with Crippen molar-refractivity contribution in [1.29, 1.82) is 0 Å². The van der Waals surface area contributed by atoms with Crippen LogP contribution in [0.15, 0.2) is 0 Å². The van der Waals surface area contributed by atoms with Crippen LogP contribution in [0.25, 0.3) is 0 Å². The van der Waals surface area contributed by atoms with Gasteiger partial charge >= 0.3 is 5.97 Å². The molecule has 7 heteroatoms. The Hall–Kier alpha value is -0.790. The van der Waals surface area contributed by atoms with Gasteiger partial charge in [0.2, 0.25) is 5.91 Å². The number of carboxylic acid groups (broad SMARTS) is 1.